The summed E-state index contributed by atoms with van der Waals surface area (Å²) in [6.45, 7) is 0. The molecule has 9 heteroatoms. The number of amides is 2. The second-order valence-corrected chi connectivity index (χ2v) is 9.70. The third kappa shape index (κ3) is 6.38. The molecule has 4 aromatic rings. The van der Waals surface area contributed by atoms with E-state index in [1.165, 1.54) is 36.0 Å². The highest BCUT2D eigenvalue weighted by molar-refractivity contribution is 9.10. The molecule has 2 N–H and O–H groups in total. The number of thioether (sulfide) groups is 1. The topological polar surface area (TPSA) is 101 Å². The monoisotopic (exact) mass is 561 g/mol. The predicted octanol–water partition coefficient (Wildman–Crippen LogP) is 7.08. The third-order valence-corrected chi connectivity index (χ3v) is 7.12. The van der Waals surface area contributed by atoms with Gasteiger partial charge in [-0.05, 0) is 64.0 Å². The van der Waals surface area contributed by atoms with Crippen LogP contribution in [0, 0.1) is 10.1 Å². The van der Waals surface area contributed by atoms with Gasteiger partial charge in [0.05, 0.1) is 10.6 Å². The molecule has 0 heterocycles. The second kappa shape index (κ2) is 11.7. The van der Waals surface area contributed by atoms with Gasteiger partial charge in [-0.1, -0.05) is 48.5 Å². The van der Waals surface area contributed by atoms with E-state index < -0.39 is 16.1 Å². The fourth-order valence-electron chi connectivity index (χ4n) is 3.38. The molecule has 0 aliphatic rings. The lowest BCUT2D eigenvalue weighted by molar-refractivity contribution is -0.384. The molecule has 0 aromatic heterocycles. The lowest BCUT2D eigenvalue weighted by atomic mass is 10.1. The molecule has 0 saturated heterocycles. The number of nitro groups is 1. The minimum Gasteiger partial charge on any atom is -0.324 e. The van der Waals surface area contributed by atoms with Crippen molar-refractivity contribution in [3.05, 3.63) is 129 Å². The molecular formula is C27H20BrN3O4S. The Morgan fingerprint density at radius 2 is 1.53 bits per heavy atom. The van der Waals surface area contributed by atoms with Crippen LogP contribution < -0.4 is 10.6 Å². The number of non-ortho nitro benzene ring substituents is 1. The van der Waals surface area contributed by atoms with Crippen LogP contribution in [0.15, 0.2) is 112 Å². The molecule has 180 valence electrons. The molecule has 0 bridgehead atoms. The van der Waals surface area contributed by atoms with Gasteiger partial charge in [0.1, 0.15) is 5.25 Å². The predicted molar refractivity (Wildman–Crippen MR) is 145 cm³/mol. The zero-order chi connectivity index (χ0) is 25.5. The zero-order valence-electron chi connectivity index (χ0n) is 18.8. The molecule has 0 saturated carbocycles. The Balaban J connectivity index is 1.49. The summed E-state index contributed by atoms with van der Waals surface area (Å²) < 4.78 is 0.791. The Morgan fingerprint density at radius 1 is 0.833 bits per heavy atom. The van der Waals surface area contributed by atoms with E-state index in [1.807, 2.05) is 66.7 Å². The number of halogens is 1. The van der Waals surface area contributed by atoms with Crippen LogP contribution >= 0.6 is 27.7 Å². The van der Waals surface area contributed by atoms with E-state index in [2.05, 4.69) is 26.6 Å². The smallest absolute Gasteiger partial charge is 0.270 e. The Bertz CT molecular complexity index is 1400. The first-order valence-electron chi connectivity index (χ1n) is 10.8. The highest BCUT2D eigenvalue weighted by Gasteiger charge is 2.23. The van der Waals surface area contributed by atoms with Gasteiger partial charge in [-0.25, -0.2) is 0 Å². The highest BCUT2D eigenvalue weighted by atomic mass is 79.9. The number of nitrogens with one attached hydrogen (secondary N) is 2. The summed E-state index contributed by atoms with van der Waals surface area (Å²) in [5.41, 5.74) is 2.11. The van der Waals surface area contributed by atoms with Crippen LogP contribution in [0.3, 0.4) is 0 Å². The average molecular weight is 562 g/mol. The molecular weight excluding hydrogens is 542 g/mol. The molecule has 0 radical (unpaired) electrons. The average Bonchev–Trinajstić information content (AvgIpc) is 2.90. The molecule has 4 rings (SSSR count). The first kappa shape index (κ1) is 25.2. The summed E-state index contributed by atoms with van der Waals surface area (Å²) in [6.07, 6.45) is 0. The summed E-state index contributed by atoms with van der Waals surface area (Å²) in [7, 11) is 0. The number of hydrogen-bond acceptors (Lipinski definition) is 5. The Kier molecular flexibility index (Phi) is 8.14. The van der Waals surface area contributed by atoms with Gasteiger partial charge in [0.15, 0.2) is 0 Å². The van der Waals surface area contributed by atoms with Gasteiger partial charge in [0.2, 0.25) is 5.91 Å². The van der Waals surface area contributed by atoms with Crippen molar-refractivity contribution >= 4 is 56.6 Å². The highest BCUT2D eigenvalue weighted by Crippen LogP contribution is 2.37. The Labute approximate surface area is 220 Å². The van der Waals surface area contributed by atoms with E-state index in [4.69, 9.17) is 0 Å². The second-order valence-electron chi connectivity index (χ2n) is 7.66. The van der Waals surface area contributed by atoms with Crippen LogP contribution in [0.25, 0.3) is 0 Å². The molecule has 2 amide bonds. The van der Waals surface area contributed by atoms with Crippen LogP contribution in [-0.2, 0) is 4.79 Å². The van der Waals surface area contributed by atoms with Gasteiger partial charge >= 0.3 is 0 Å². The summed E-state index contributed by atoms with van der Waals surface area (Å²) in [5.74, 6) is -0.616. The quantitative estimate of drug-likeness (QED) is 0.136. The van der Waals surface area contributed by atoms with E-state index in [0.29, 0.717) is 11.4 Å². The van der Waals surface area contributed by atoms with Crippen LogP contribution in [-0.4, -0.2) is 16.7 Å². The zero-order valence-corrected chi connectivity index (χ0v) is 21.2. The van der Waals surface area contributed by atoms with Gasteiger partial charge in [-0.3, -0.25) is 19.7 Å². The van der Waals surface area contributed by atoms with Crippen molar-refractivity contribution in [1.82, 2.24) is 0 Å². The fourth-order valence-corrected chi connectivity index (χ4v) is 4.79. The number of carbonyl (C=O) groups excluding carboxylic acids is 2. The minimum atomic E-state index is -0.543. The molecule has 4 aromatic carbocycles. The summed E-state index contributed by atoms with van der Waals surface area (Å²) >= 11 is 4.85. The number of benzene rings is 4. The maximum Gasteiger partial charge on any atom is 0.270 e. The standard InChI is InChI=1S/C27H20BrN3O4S/c28-23-11-4-5-12-24(23)30-27(33)25(18-7-2-1-3-8-18)36-22-15-13-20(14-16-22)29-26(32)19-9-6-10-21(17-19)31(34)35/h1-17,25H,(H,29,32)(H,30,33). The van der Waals surface area contributed by atoms with Crippen molar-refractivity contribution in [2.45, 2.75) is 10.1 Å². The maximum absolute atomic E-state index is 13.3. The Hall–Kier alpha value is -3.95. The molecule has 7 nitrogen and oxygen atoms in total. The fraction of sp³-hybridized carbons (Fsp3) is 0.0370. The van der Waals surface area contributed by atoms with Crippen LogP contribution in [0.2, 0.25) is 0 Å². The molecule has 36 heavy (non-hydrogen) atoms. The number of para-hydroxylation sites is 1. The SMILES string of the molecule is O=C(Nc1ccc(SC(C(=O)Nc2ccccc2Br)c2ccccc2)cc1)c1cccc([N+](=O)[O-])c1. The van der Waals surface area contributed by atoms with Gasteiger partial charge in [0, 0.05) is 32.8 Å². The number of anilines is 2. The summed E-state index contributed by atoms with van der Waals surface area (Å²) in [4.78, 5) is 37.0. The van der Waals surface area contributed by atoms with E-state index in [0.717, 1.165) is 14.9 Å². The van der Waals surface area contributed by atoms with Crippen molar-refractivity contribution in [3.8, 4) is 0 Å². The molecule has 0 aliphatic carbocycles. The number of carbonyl (C=O) groups is 2. The van der Waals surface area contributed by atoms with Crippen molar-refractivity contribution in [2.75, 3.05) is 10.6 Å². The molecule has 0 spiro atoms. The Morgan fingerprint density at radius 3 is 2.22 bits per heavy atom. The number of rotatable bonds is 8. The summed E-state index contributed by atoms with van der Waals surface area (Å²) in [6, 6.07) is 29.5. The maximum atomic E-state index is 13.3. The first-order chi connectivity index (χ1) is 17.4. The lowest BCUT2D eigenvalue weighted by Crippen LogP contribution is -2.19. The van der Waals surface area contributed by atoms with Gasteiger partial charge in [0.25, 0.3) is 11.6 Å². The minimum absolute atomic E-state index is 0.151. The van der Waals surface area contributed by atoms with E-state index in [1.54, 1.807) is 12.1 Å². The van der Waals surface area contributed by atoms with Crippen molar-refractivity contribution in [1.29, 1.82) is 0 Å². The molecule has 0 aliphatic heterocycles. The number of nitrogens with zero attached hydrogens (tertiary/aromatic N) is 1. The molecule has 1 unspecified atom stereocenters. The van der Waals surface area contributed by atoms with E-state index in [-0.39, 0.29) is 17.2 Å². The first-order valence-corrected chi connectivity index (χ1v) is 12.5. The molecule has 0 fully saturated rings. The largest absolute Gasteiger partial charge is 0.324 e. The van der Waals surface area contributed by atoms with Crippen LogP contribution in [0.5, 0.6) is 0 Å². The third-order valence-electron chi connectivity index (χ3n) is 5.16. The van der Waals surface area contributed by atoms with E-state index >= 15 is 0 Å². The van der Waals surface area contributed by atoms with Crippen molar-refractivity contribution in [2.24, 2.45) is 0 Å². The lowest BCUT2D eigenvalue weighted by Gasteiger charge is -2.18. The number of nitro benzene ring substituents is 1. The van der Waals surface area contributed by atoms with Crippen molar-refractivity contribution in [3.63, 3.8) is 0 Å². The van der Waals surface area contributed by atoms with Gasteiger partial charge < -0.3 is 10.6 Å². The van der Waals surface area contributed by atoms with E-state index in [9.17, 15) is 19.7 Å². The van der Waals surface area contributed by atoms with Crippen LogP contribution in [0.4, 0.5) is 17.1 Å². The van der Waals surface area contributed by atoms with Crippen molar-refractivity contribution < 1.29 is 14.5 Å². The van der Waals surface area contributed by atoms with Crippen LogP contribution in [0.1, 0.15) is 21.2 Å². The summed E-state index contributed by atoms with van der Waals surface area (Å²) in [5, 5.41) is 16.2. The van der Waals surface area contributed by atoms with Gasteiger partial charge in [-0.15, -0.1) is 11.8 Å². The number of hydrogen-bond donors (Lipinski definition) is 2. The normalized spacial score (nSPS) is 11.4. The molecule has 1 atom stereocenters. The van der Waals surface area contributed by atoms with Gasteiger partial charge in [-0.2, -0.15) is 0 Å².